The zero-order chi connectivity index (χ0) is 12.2. The predicted octanol–water partition coefficient (Wildman–Crippen LogP) is 4.24. The fourth-order valence-electron chi connectivity index (χ4n) is 1.51. The van der Waals surface area contributed by atoms with Crippen molar-refractivity contribution in [1.29, 1.82) is 0 Å². The Morgan fingerprint density at radius 2 is 1.93 bits per heavy atom. The van der Waals surface area contributed by atoms with Gasteiger partial charge in [0.1, 0.15) is 11.2 Å². The van der Waals surface area contributed by atoms with Crippen molar-refractivity contribution in [2.24, 2.45) is 0 Å². The highest BCUT2D eigenvalue weighted by atomic mass is 35.5. The second kappa shape index (κ2) is 2.76. The molecular weight excluding hydrogens is 196 g/mol. The first-order valence-electron chi connectivity index (χ1n) is 5.67. The maximum atomic E-state index is 7.91. The third-order valence-electron chi connectivity index (χ3n) is 2.12. The molecule has 0 aliphatic rings. The summed E-state index contributed by atoms with van der Waals surface area (Å²) in [7, 11) is 0. The normalized spacial score (nSPS) is 14.2. The molecule has 3 rings (SSSR count). The van der Waals surface area contributed by atoms with E-state index in [0.717, 1.165) is 5.39 Å². The number of hydrogen-bond acceptors (Lipinski definition) is 1. The van der Waals surface area contributed by atoms with Gasteiger partial charge in [0.25, 0.3) is 0 Å². The highest BCUT2D eigenvalue weighted by Crippen LogP contribution is 2.29. The minimum absolute atomic E-state index is 0.00551. The van der Waals surface area contributed by atoms with Crippen LogP contribution in [-0.4, -0.2) is 0 Å². The molecule has 0 aliphatic heterocycles. The summed E-state index contributed by atoms with van der Waals surface area (Å²) in [6.45, 7) is 0. The number of rotatable bonds is 0. The van der Waals surface area contributed by atoms with E-state index in [1.165, 1.54) is 0 Å². The van der Waals surface area contributed by atoms with Crippen molar-refractivity contribution in [3.05, 3.63) is 47.4 Å². The molecule has 14 heavy (non-hydrogen) atoms. The van der Waals surface area contributed by atoms with Crippen molar-refractivity contribution in [2.75, 3.05) is 0 Å². The first-order valence-corrected chi connectivity index (χ1v) is 4.55. The molecule has 0 atom stereocenters. The van der Waals surface area contributed by atoms with Gasteiger partial charge in [-0.3, -0.25) is 0 Å². The van der Waals surface area contributed by atoms with Crippen LogP contribution in [0.3, 0.4) is 0 Å². The molecular formula is C12H7ClO. The average Bonchev–Trinajstić information content (AvgIpc) is 2.73. The fraction of sp³-hybridized carbons (Fsp3) is 0. The minimum Gasteiger partial charge on any atom is -0.456 e. The minimum atomic E-state index is -0.129. The van der Waals surface area contributed by atoms with Crippen LogP contribution in [0.4, 0.5) is 0 Å². The zero-order valence-corrected chi connectivity index (χ0v) is 7.85. The molecule has 0 saturated carbocycles. The first-order chi connectivity index (χ1) is 8.11. The molecule has 3 aromatic rings. The summed E-state index contributed by atoms with van der Waals surface area (Å²) in [5.74, 6) is 0. The molecule has 0 unspecified atom stereocenters. The second-order valence-electron chi connectivity index (χ2n) is 2.99. The second-order valence-corrected chi connectivity index (χ2v) is 3.37. The Labute approximate surface area is 90.1 Å². The number of benzene rings is 2. The van der Waals surface area contributed by atoms with Crippen LogP contribution in [0.2, 0.25) is 5.02 Å². The summed E-state index contributed by atoms with van der Waals surface area (Å²) in [4.78, 5) is 0. The molecule has 68 valence electrons. The molecule has 2 heteroatoms. The molecule has 0 fully saturated rings. The van der Waals surface area contributed by atoms with Crippen molar-refractivity contribution in [2.45, 2.75) is 0 Å². The van der Waals surface area contributed by atoms with Gasteiger partial charge in [-0.05, 0) is 18.2 Å². The van der Waals surface area contributed by atoms with Crippen LogP contribution in [0.25, 0.3) is 21.9 Å². The summed E-state index contributed by atoms with van der Waals surface area (Å²) in [6.07, 6.45) is 0. The Hall–Kier alpha value is -1.47. The van der Waals surface area contributed by atoms with Gasteiger partial charge in [-0.15, -0.1) is 0 Å². The molecule has 0 aliphatic carbocycles. The van der Waals surface area contributed by atoms with Gasteiger partial charge in [0.15, 0.2) is 0 Å². The quantitative estimate of drug-likeness (QED) is 0.535. The van der Waals surface area contributed by atoms with Crippen LogP contribution < -0.4 is 0 Å². The Morgan fingerprint density at radius 3 is 2.86 bits per heavy atom. The van der Waals surface area contributed by atoms with E-state index in [2.05, 4.69) is 0 Å². The Bertz CT molecular complexity index is 748. The summed E-state index contributed by atoms with van der Waals surface area (Å²) in [5.41, 5.74) is 0.878. The number of furan rings is 1. The molecule has 0 N–H and O–H groups in total. The van der Waals surface area contributed by atoms with Crippen LogP contribution in [0.5, 0.6) is 0 Å². The third-order valence-corrected chi connectivity index (χ3v) is 2.30. The van der Waals surface area contributed by atoms with E-state index < -0.39 is 0 Å². The van der Waals surface area contributed by atoms with E-state index in [-0.39, 0.29) is 28.7 Å². The highest BCUT2D eigenvalue weighted by molar-refractivity contribution is 6.31. The zero-order valence-electron chi connectivity index (χ0n) is 10.1. The molecule has 0 radical (unpaired) electrons. The van der Waals surface area contributed by atoms with Crippen LogP contribution in [0.1, 0.15) is 4.11 Å². The lowest BCUT2D eigenvalue weighted by Gasteiger charge is -1.88. The molecule has 0 amide bonds. The van der Waals surface area contributed by atoms with Crippen molar-refractivity contribution in [3.8, 4) is 0 Å². The van der Waals surface area contributed by atoms with Crippen LogP contribution in [-0.2, 0) is 0 Å². The monoisotopic (exact) mass is 205 g/mol. The van der Waals surface area contributed by atoms with Gasteiger partial charge in [0.05, 0.1) is 4.11 Å². The number of hydrogen-bond donors (Lipinski definition) is 0. The molecule has 1 heterocycles. The molecule has 0 bridgehead atoms. The Balaban J connectivity index is 2.67. The molecule has 0 spiro atoms. The van der Waals surface area contributed by atoms with Crippen molar-refractivity contribution < 1.29 is 8.53 Å². The van der Waals surface area contributed by atoms with Gasteiger partial charge < -0.3 is 4.42 Å². The highest BCUT2D eigenvalue weighted by Gasteiger charge is 2.05. The number of para-hydroxylation sites is 1. The molecule has 0 saturated heterocycles. The lowest BCUT2D eigenvalue weighted by molar-refractivity contribution is 0.669. The maximum absolute atomic E-state index is 7.91. The van der Waals surface area contributed by atoms with Crippen LogP contribution in [0.15, 0.2) is 46.8 Å². The summed E-state index contributed by atoms with van der Waals surface area (Å²) < 4.78 is 29.0. The van der Waals surface area contributed by atoms with E-state index in [1.54, 1.807) is 6.07 Å². The SMILES string of the molecule is [2H]c1c(Cl)c([2H])c2oc3ccccc3c2c1[2H]. The number of halogens is 1. The van der Waals surface area contributed by atoms with Gasteiger partial charge in [-0.2, -0.15) is 0 Å². The molecule has 2 aromatic carbocycles. The van der Waals surface area contributed by atoms with Gasteiger partial charge >= 0.3 is 0 Å². The van der Waals surface area contributed by atoms with Gasteiger partial charge in [-0.1, -0.05) is 29.8 Å². The van der Waals surface area contributed by atoms with E-state index in [0.29, 0.717) is 11.0 Å². The largest absolute Gasteiger partial charge is 0.456 e. The van der Waals surface area contributed by atoms with Gasteiger partial charge in [0, 0.05) is 21.8 Å². The first kappa shape index (κ1) is 5.42. The van der Waals surface area contributed by atoms with E-state index in [9.17, 15) is 0 Å². The topological polar surface area (TPSA) is 13.1 Å². The molecule has 1 aromatic heterocycles. The van der Waals surface area contributed by atoms with Crippen molar-refractivity contribution in [1.82, 2.24) is 0 Å². The van der Waals surface area contributed by atoms with Crippen molar-refractivity contribution in [3.63, 3.8) is 0 Å². The number of fused-ring (bicyclic) bond motifs is 3. The summed E-state index contributed by atoms with van der Waals surface area (Å²) in [5, 5.41) is 1.19. The standard InChI is InChI=1S/C12H7ClO/c13-8-5-6-10-9-3-1-2-4-11(9)14-12(10)7-8/h1-7H/i5D,6D,7D. The van der Waals surface area contributed by atoms with Crippen molar-refractivity contribution >= 4 is 33.5 Å². The smallest absolute Gasteiger partial charge is 0.136 e. The molecule has 1 nitrogen and oxygen atoms in total. The summed E-state index contributed by atoms with van der Waals surface area (Å²) >= 11 is 5.83. The third kappa shape index (κ3) is 1.03. The Morgan fingerprint density at radius 1 is 1.07 bits per heavy atom. The average molecular weight is 206 g/mol. The Kier molecular flexibility index (Phi) is 1.07. The predicted molar refractivity (Wildman–Crippen MR) is 58.7 cm³/mol. The summed E-state index contributed by atoms with van der Waals surface area (Å²) in [6, 6.07) is 7.08. The van der Waals surface area contributed by atoms with Crippen LogP contribution in [0, 0.1) is 0 Å². The van der Waals surface area contributed by atoms with Crippen LogP contribution >= 0.6 is 11.6 Å². The van der Waals surface area contributed by atoms with E-state index in [4.69, 9.17) is 20.1 Å². The van der Waals surface area contributed by atoms with E-state index in [1.807, 2.05) is 18.2 Å². The van der Waals surface area contributed by atoms with Gasteiger partial charge in [0.2, 0.25) is 0 Å². The maximum Gasteiger partial charge on any atom is 0.136 e. The lowest BCUT2D eigenvalue weighted by atomic mass is 10.2. The van der Waals surface area contributed by atoms with Gasteiger partial charge in [-0.25, -0.2) is 0 Å². The fourth-order valence-corrected chi connectivity index (χ4v) is 1.64. The lowest BCUT2D eigenvalue weighted by Crippen LogP contribution is -1.65. The van der Waals surface area contributed by atoms with E-state index >= 15 is 0 Å².